The highest BCUT2D eigenvalue weighted by molar-refractivity contribution is 5.87. The maximum atomic E-state index is 12.5. The number of hydrogen-bond acceptors (Lipinski definition) is 3. The molecule has 0 saturated heterocycles. The quantitative estimate of drug-likeness (QED) is 0.905. The Labute approximate surface area is 128 Å². The van der Waals surface area contributed by atoms with Crippen molar-refractivity contribution in [1.29, 1.82) is 0 Å². The van der Waals surface area contributed by atoms with Gasteiger partial charge in [0, 0.05) is 17.2 Å². The van der Waals surface area contributed by atoms with Gasteiger partial charge in [0.05, 0.1) is 18.2 Å². The fourth-order valence-electron chi connectivity index (χ4n) is 2.77. The Balaban J connectivity index is 2.04. The zero-order valence-corrected chi connectivity index (χ0v) is 13.9. The van der Waals surface area contributed by atoms with Crippen LogP contribution in [0.15, 0.2) is 12.3 Å². The molecule has 118 valence electrons. The molecule has 2 N–H and O–H groups in total. The van der Waals surface area contributed by atoms with Crippen molar-refractivity contribution in [1.82, 2.24) is 9.78 Å². The Morgan fingerprint density at radius 2 is 1.90 bits per heavy atom. The second-order valence-corrected chi connectivity index (χ2v) is 7.53. The van der Waals surface area contributed by atoms with E-state index < -0.39 is 11.0 Å². The molecule has 1 aliphatic carbocycles. The number of aromatic nitrogens is 2. The van der Waals surface area contributed by atoms with Crippen LogP contribution in [0.1, 0.15) is 71.5 Å². The number of rotatable bonds is 5. The molecule has 2 rings (SSSR count). The van der Waals surface area contributed by atoms with Gasteiger partial charge in [0.1, 0.15) is 5.78 Å². The first-order chi connectivity index (χ1) is 9.72. The molecular weight excluding hydrogens is 262 g/mol. The third kappa shape index (κ3) is 3.54. The summed E-state index contributed by atoms with van der Waals surface area (Å²) in [6.45, 7) is 7.66. The lowest BCUT2D eigenvalue weighted by Crippen LogP contribution is -2.52. The van der Waals surface area contributed by atoms with E-state index in [9.17, 15) is 4.79 Å². The average Bonchev–Trinajstić information content (AvgIpc) is 2.87. The van der Waals surface area contributed by atoms with Crippen LogP contribution < -0.4 is 5.73 Å². The van der Waals surface area contributed by atoms with Crippen molar-refractivity contribution >= 4 is 5.78 Å². The summed E-state index contributed by atoms with van der Waals surface area (Å²) in [7, 11) is 0. The fraction of sp³-hybridized carbons (Fsp3) is 0.765. The van der Waals surface area contributed by atoms with Crippen LogP contribution in [-0.2, 0) is 11.2 Å². The predicted octanol–water partition coefficient (Wildman–Crippen LogP) is 3.26. The van der Waals surface area contributed by atoms with E-state index >= 15 is 0 Å². The summed E-state index contributed by atoms with van der Waals surface area (Å²) in [6, 6.07) is 2.49. The monoisotopic (exact) mass is 291 g/mol. The molecule has 0 amide bonds. The molecule has 21 heavy (non-hydrogen) atoms. The summed E-state index contributed by atoms with van der Waals surface area (Å²) < 4.78 is 2.06. The average molecular weight is 291 g/mol. The van der Waals surface area contributed by atoms with Crippen LogP contribution in [0.25, 0.3) is 0 Å². The molecule has 4 nitrogen and oxygen atoms in total. The topological polar surface area (TPSA) is 60.9 Å². The van der Waals surface area contributed by atoms with E-state index in [0.29, 0.717) is 12.5 Å². The number of hydrogen-bond donors (Lipinski definition) is 1. The normalized spacial score (nSPS) is 18.0. The molecule has 1 fully saturated rings. The molecule has 0 unspecified atom stereocenters. The molecule has 4 heteroatoms. The van der Waals surface area contributed by atoms with E-state index in [0.717, 1.165) is 5.69 Å². The van der Waals surface area contributed by atoms with Gasteiger partial charge in [0.15, 0.2) is 0 Å². The van der Waals surface area contributed by atoms with E-state index in [1.54, 1.807) is 0 Å². The number of carbonyl (C=O) groups excluding carboxylic acids is 1. The minimum absolute atomic E-state index is 0.156. The van der Waals surface area contributed by atoms with Crippen LogP contribution in [-0.4, -0.2) is 21.1 Å². The smallest absolute Gasteiger partial charge is 0.146 e. The van der Waals surface area contributed by atoms with Crippen LogP contribution in [0, 0.1) is 5.41 Å². The van der Waals surface area contributed by atoms with Gasteiger partial charge in [-0.05, 0) is 32.8 Å². The molecule has 0 aromatic carbocycles. The summed E-state index contributed by atoms with van der Waals surface area (Å²) in [5, 5.41) is 4.62. The maximum Gasteiger partial charge on any atom is 0.146 e. The highest BCUT2D eigenvalue weighted by Gasteiger charge is 2.40. The van der Waals surface area contributed by atoms with Crippen LogP contribution in [0.4, 0.5) is 0 Å². The summed E-state index contributed by atoms with van der Waals surface area (Å²) in [5.41, 5.74) is 5.92. The molecule has 0 radical (unpaired) electrons. The zero-order chi connectivity index (χ0) is 15.7. The molecule has 1 saturated carbocycles. The first-order valence-electron chi connectivity index (χ1n) is 8.08. The van der Waals surface area contributed by atoms with Crippen molar-refractivity contribution in [2.75, 3.05) is 0 Å². The molecule has 0 aliphatic heterocycles. The summed E-state index contributed by atoms with van der Waals surface area (Å²) in [5.74, 6) is 0.156. The molecule has 1 aliphatic rings. The van der Waals surface area contributed by atoms with Gasteiger partial charge in [0.25, 0.3) is 0 Å². The zero-order valence-electron chi connectivity index (χ0n) is 13.9. The van der Waals surface area contributed by atoms with E-state index in [2.05, 4.69) is 9.78 Å². The third-order valence-electron chi connectivity index (χ3n) is 5.26. The summed E-state index contributed by atoms with van der Waals surface area (Å²) in [6.07, 6.45) is 8.71. The fourth-order valence-corrected chi connectivity index (χ4v) is 2.77. The van der Waals surface area contributed by atoms with Crippen molar-refractivity contribution in [3.05, 3.63) is 18.0 Å². The van der Waals surface area contributed by atoms with Gasteiger partial charge in [-0.2, -0.15) is 5.10 Å². The highest BCUT2D eigenvalue weighted by Crippen LogP contribution is 2.31. The second kappa shape index (κ2) is 5.91. The first kappa shape index (κ1) is 16.2. The number of Topliss-reactive ketones (excluding diaryl/α,β-unsaturated/α-hetero) is 1. The SMILES string of the molecule is CC(C)(N)C(C)(C)C(=O)Cc1ccn(C2CCCCC2)n1. The molecule has 1 heterocycles. The summed E-state index contributed by atoms with van der Waals surface area (Å²) >= 11 is 0. The van der Waals surface area contributed by atoms with Crippen LogP contribution in [0.5, 0.6) is 0 Å². The second-order valence-electron chi connectivity index (χ2n) is 7.53. The van der Waals surface area contributed by atoms with Gasteiger partial charge < -0.3 is 5.73 Å². The number of nitrogens with two attached hydrogens (primary N) is 1. The molecule has 1 aromatic rings. The molecule has 0 bridgehead atoms. The Kier molecular flexibility index (Phi) is 4.57. The largest absolute Gasteiger partial charge is 0.325 e. The van der Waals surface area contributed by atoms with Gasteiger partial charge in [0.2, 0.25) is 0 Å². The summed E-state index contributed by atoms with van der Waals surface area (Å²) in [4.78, 5) is 12.5. The Morgan fingerprint density at radius 3 is 2.48 bits per heavy atom. The van der Waals surface area contributed by atoms with E-state index in [1.807, 2.05) is 40.0 Å². The number of carbonyl (C=O) groups is 1. The lowest BCUT2D eigenvalue weighted by atomic mass is 9.71. The van der Waals surface area contributed by atoms with Crippen LogP contribution in [0.2, 0.25) is 0 Å². The highest BCUT2D eigenvalue weighted by atomic mass is 16.1. The minimum Gasteiger partial charge on any atom is -0.325 e. The van der Waals surface area contributed by atoms with Crippen molar-refractivity contribution < 1.29 is 4.79 Å². The van der Waals surface area contributed by atoms with Gasteiger partial charge in [-0.25, -0.2) is 0 Å². The van der Waals surface area contributed by atoms with Crippen LogP contribution in [0.3, 0.4) is 0 Å². The van der Waals surface area contributed by atoms with E-state index in [-0.39, 0.29) is 5.78 Å². The first-order valence-corrected chi connectivity index (χ1v) is 8.08. The lowest BCUT2D eigenvalue weighted by Gasteiger charge is -2.36. The molecule has 0 atom stereocenters. The maximum absolute atomic E-state index is 12.5. The molecule has 1 aromatic heterocycles. The van der Waals surface area contributed by atoms with Crippen molar-refractivity contribution in [3.8, 4) is 0 Å². The van der Waals surface area contributed by atoms with Gasteiger partial charge in [-0.1, -0.05) is 33.1 Å². The van der Waals surface area contributed by atoms with Gasteiger partial charge >= 0.3 is 0 Å². The van der Waals surface area contributed by atoms with E-state index in [4.69, 9.17) is 5.73 Å². The van der Waals surface area contributed by atoms with Crippen molar-refractivity contribution in [2.45, 2.75) is 77.8 Å². The minimum atomic E-state index is -0.554. The molecule has 0 spiro atoms. The number of nitrogens with zero attached hydrogens (tertiary/aromatic N) is 2. The van der Waals surface area contributed by atoms with Crippen molar-refractivity contribution in [2.24, 2.45) is 11.1 Å². The Morgan fingerprint density at radius 1 is 1.29 bits per heavy atom. The Bertz CT molecular complexity index is 490. The lowest BCUT2D eigenvalue weighted by molar-refractivity contribution is -0.129. The third-order valence-corrected chi connectivity index (χ3v) is 5.26. The standard InChI is InChI=1S/C17H29N3O/c1-16(2,17(3,4)18)15(21)12-13-10-11-20(19-13)14-8-6-5-7-9-14/h10-11,14H,5-9,12,18H2,1-4H3. The van der Waals surface area contributed by atoms with Crippen molar-refractivity contribution in [3.63, 3.8) is 0 Å². The van der Waals surface area contributed by atoms with E-state index in [1.165, 1.54) is 32.1 Å². The Hall–Kier alpha value is -1.16. The molecular formula is C17H29N3O. The predicted molar refractivity (Wildman–Crippen MR) is 85.1 cm³/mol. The number of ketones is 1. The van der Waals surface area contributed by atoms with Gasteiger partial charge in [-0.15, -0.1) is 0 Å². The van der Waals surface area contributed by atoms with Crippen LogP contribution >= 0.6 is 0 Å². The van der Waals surface area contributed by atoms with Gasteiger partial charge in [-0.3, -0.25) is 9.48 Å².